The van der Waals surface area contributed by atoms with Gasteiger partial charge in [0.25, 0.3) is 0 Å². The van der Waals surface area contributed by atoms with E-state index in [1.54, 1.807) is 6.92 Å². The smallest absolute Gasteiger partial charge is 0.338 e. The normalized spacial score (nSPS) is 12.2. The van der Waals surface area contributed by atoms with Gasteiger partial charge in [0.05, 0.1) is 0 Å². The van der Waals surface area contributed by atoms with Crippen LogP contribution in [0.15, 0.2) is 11.5 Å². The van der Waals surface area contributed by atoms with Crippen molar-refractivity contribution >= 4 is 5.97 Å². The van der Waals surface area contributed by atoms with Crippen molar-refractivity contribution in [3.63, 3.8) is 0 Å². The Balaban J connectivity index is 4.05. The summed E-state index contributed by atoms with van der Waals surface area (Å²) in [6.07, 6.45) is 0. The van der Waals surface area contributed by atoms with E-state index in [2.05, 4.69) is 10.3 Å². The van der Waals surface area contributed by atoms with Crippen molar-refractivity contribution in [2.45, 2.75) is 13.8 Å². The highest BCUT2D eigenvalue weighted by atomic mass is 16.7. The van der Waals surface area contributed by atoms with Gasteiger partial charge >= 0.3 is 11.9 Å². The minimum atomic E-state index is -1.21. The molecule has 0 spiro atoms. The summed E-state index contributed by atoms with van der Waals surface area (Å²) in [5.74, 6) is -1.82. The van der Waals surface area contributed by atoms with Crippen LogP contribution in [0.5, 0.6) is 0 Å². The Bertz CT molecular complexity index is 175. The largest absolute Gasteiger partial charge is 0.479 e. The van der Waals surface area contributed by atoms with Gasteiger partial charge in [-0.15, -0.1) is 0 Å². The second-order valence-corrected chi connectivity index (χ2v) is 1.84. The van der Waals surface area contributed by atoms with Gasteiger partial charge in [-0.1, -0.05) is 0 Å². The van der Waals surface area contributed by atoms with E-state index < -0.39 is 11.9 Å². The summed E-state index contributed by atoms with van der Waals surface area (Å²) in [7, 11) is 0. The number of aliphatic carboxylic acids is 1. The Morgan fingerprint density at radius 1 is 1.55 bits per heavy atom. The van der Waals surface area contributed by atoms with Gasteiger partial charge in [0.15, 0.2) is 0 Å². The predicted octanol–water partition coefficient (Wildman–Crippen LogP) is 0.402. The SMILES string of the molecule is CCNOC(O)=C(C)C(=O)O. The highest BCUT2D eigenvalue weighted by Gasteiger charge is 2.08. The highest BCUT2D eigenvalue weighted by molar-refractivity contribution is 5.85. The third kappa shape index (κ3) is 3.47. The van der Waals surface area contributed by atoms with Crippen molar-refractivity contribution in [3.8, 4) is 0 Å². The fraction of sp³-hybridized carbons (Fsp3) is 0.500. The first-order chi connectivity index (χ1) is 5.09. The van der Waals surface area contributed by atoms with Crippen molar-refractivity contribution < 1.29 is 19.8 Å². The molecule has 0 aromatic heterocycles. The molecule has 0 fully saturated rings. The molecule has 0 saturated carbocycles. The van der Waals surface area contributed by atoms with Crippen LogP contribution in [0, 0.1) is 0 Å². The van der Waals surface area contributed by atoms with Gasteiger partial charge < -0.3 is 15.1 Å². The molecule has 0 aliphatic heterocycles. The van der Waals surface area contributed by atoms with Gasteiger partial charge in [0, 0.05) is 6.54 Å². The molecule has 5 nitrogen and oxygen atoms in total. The summed E-state index contributed by atoms with van der Waals surface area (Å²) in [6.45, 7) is 3.48. The highest BCUT2D eigenvalue weighted by Crippen LogP contribution is 1.99. The van der Waals surface area contributed by atoms with Crippen LogP contribution < -0.4 is 5.48 Å². The standard InChI is InChI=1S/C6H11NO4/c1-3-7-11-6(10)4(2)5(8)9/h7,10H,3H2,1-2H3,(H,8,9). The van der Waals surface area contributed by atoms with E-state index in [9.17, 15) is 4.79 Å². The van der Waals surface area contributed by atoms with Gasteiger partial charge in [0.1, 0.15) is 5.57 Å². The van der Waals surface area contributed by atoms with E-state index in [4.69, 9.17) is 10.2 Å². The number of carboxylic acids is 1. The molecule has 0 aliphatic carbocycles. The third-order valence-corrected chi connectivity index (χ3v) is 0.955. The van der Waals surface area contributed by atoms with Crippen LogP contribution in [-0.2, 0) is 9.63 Å². The summed E-state index contributed by atoms with van der Waals surface area (Å²) >= 11 is 0. The molecular formula is C6H11NO4. The molecule has 0 heterocycles. The Morgan fingerprint density at radius 2 is 2.09 bits per heavy atom. The molecule has 64 valence electrons. The van der Waals surface area contributed by atoms with Crippen LogP contribution in [0.2, 0.25) is 0 Å². The zero-order valence-electron chi connectivity index (χ0n) is 6.42. The van der Waals surface area contributed by atoms with Crippen LogP contribution in [-0.4, -0.2) is 22.7 Å². The van der Waals surface area contributed by atoms with Gasteiger partial charge in [0.2, 0.25) is 0 Å². The molecule has 11 heavy (non-hydrogen) atoms. The lowest BCUT2D eigenvalue weighted by Crippen LogP contribution is -2.15. The number of hydrogen-bond donors (Lipinski definition) is 3. The molecule has 0 aliphatic rings. The molecule has 0 aromatic rings. The lowest BCUT2D eigenvalue weighted by molar-refractivity contribution is -0.133. The lowest BCUT2D eigenvalue weighted by Gasteiger charge is -2.03. The first-order valence-corrected chi connectivity index (χ1v) is 3.12. The fourth-order valence-electron chi connectivity index (χ4n) is 0.309. The topological polar surface area (TPSA) is 78.8 Å². The molecule has 0 saturated heterocycles. The van der Waals surface area contributed by atoms with Crippen molar-refractivity contribution in [1.29, 1.82) is 0 Å². The average Bonchev–Trinajstić information content (AvgIpc) is 1.98. The second-order valence-electron chi connectivity index (χ2n) is 1.84. The van der Waals surface area contributed by atoms with E-state index in [0.717, 1.165) is 0 Å². The predicted molar refractivity (Wildman–Crippen MR) is 37.7 cm³/mol. The van der Waals surface area contributed by atoms with E-state index in [0.29, 0.717) is 6.54 Å². The van der Waals surface area contributed by atoms with Crippen LogP contribution >= 0.6 is 0 Å². The van der Waals surface area contributed by atoms with E-state index in [-0.39, 0.29) is 5.57 Å². The lowest BCUT2D eigenvalue weighted by atomic mass is 10.3. The monoisotopic (exact) mass is 161 g/mol. The zero-order chi connectivity index (χ0) is 8.85. The molecule has 0 rings (SSSR count). The number of rotatable bonds is 4. The quantitative estimate of drug-likeness (QED) is 0.316. The van der Waals surface area contributed by atoms with E-state index >= 15 is 0 Å². The average molecular weight is 161 g/mol. The number of carbonyl (C=O) groups is 1. The molecule has 0 radical (unpaired) electrons. The van der Waals surface area contributed by atoms with Gasteiger partial charge in [-0.05, 0) is 13.8 Å². The molecule has 0 amide bonds. The molecule has 0 aromatic carbocycles. The van der Waals surface area contributed by atoms with Crippen molar-refractivity contribution in [2.24, 2.45) is 0 Å². The van der Waals surface area contributed by atoms with Crippen molar-refractivity contribution in [3.05, 3.63) is 11.5 Å². The fourth-order valence-corrected chi connectivity index (χ4v) is 0.309. The number of hydroxylamine groups is 1. The molecule has 5 heteroatoms. The number of hydrogen-bond acceptors (Lipinski definition) is 4. The van der Waals surface area contributed by atoms with Gasteiger partial charge in [-0.25, -0.2) is 4.79 Å². The first kappa shape index (κ1) is 9.77. The molecule has 0 bridgehead atoms. The number of carboxylic acid groups (broad SMARTS) is 1. The van der Waals surface area contributed by atoms with Crippen LogP contribution in [0.4, 0.5) is 0 Å². The van der Waals surface area contributed by atoms with Crippen LogP contribution in [0.25, 0.3) is 0 Å². The summed E-state index contributed by atoms with van der Waals surface area (Å²) in [5, 5.41) is 17.2. The number of aliphatic hydroxyl groups is 1. The van der Waals surface area contributed by atoms with Gasteiger partial charge in [-0.2, -0.15) is 5.48 Å². The molecular weight excluding hydrogens is 150 g/mol. The Hall–Kier alpha value is -1.23. The summed E-state index contributed by atoms with van der Waals surface area (Å²) in [4.78, 5) is 14.6. The summed E-state index contributed by atoms with van der Waals surface area (Å²) in [6, 6.07) is 0. The Kier molecular flexibility index (Phi) is 4.05. The number of nitrogens with one attached hydrogen (secondary N) is 1. The minimum Gasteiger partial charge on any atom is -0.479 e. The maximum atomic E-state index is 10.2. The molecule has 0 unspecified atom stereocenters. The van der Waals surface area contributed by atoms with Crippen molar-refractivity contribution in [1.82, 2.24) is 5.48 Å². The zero-order valence-corrected chi connectivity index (χ0v) is 6.42. The number of aliphatic hydroxyl groups excluding tert-OH is 1. The summed E-state index contributed by atoms with van der Waals surface area (Å²) < 4.78 is 0. The second kappa shape index (κ2) is 4.56. The Morgan fingerprint density at radius 3 is 2.45 bits per heavy atom. The minimum absolute atomic E-state index is 0.231. The van der Waals surface area contributed by atoms with Crippen LogP contribution in [0.1, 0.15) is 13.8 Å². The molecule has 3 N–H and O–H groups in total. The third-order valence-electron chi connectivity index (χ3n) is 0.955. The first-order valence-electron chi connectivity index (χ1n) is 3.12. The maximum Gasteiger partial charge on any atom is 0.338 e. The summed E-state index contributed by atoms with van der Waals surface area (Å²) in [5.41, 5.74) is 2.08. The maximum absolute atomic E-state index is 10.2. The van der Waals surface area contributed by atoms with Crippen molar-refractivity contribution in [2.75, 3.05) is 6.54 Å². The van der Waals surface area contributed by atoms with E-state index in [1.807, 2.05) is 0 Å². The van der Waals surface area contributed by atoms with Gasteiger partial charge in [-0.3, -0.25) is 0 Å². The Labute approximate surface area is 64.2 Å². The van der Waals surface area contributed by atoms with Crippen LogP contribution in [0.3, 0.4) is 0 Å². The molecule has 0 atom stereocenters. The van der Waals surface area contributed by atoms with E-state index in [1.165, 1.54) is 6.92 Å².